The van der Waals surface area contributed by atoms with Gasteiger partial charge in [-0.25, -0.2) is 9.97 Å². The summed E-state index contributed by atoms with van der Waals surface area (Å²) in [5.41, 5.74) is 2.98. The number of imidazole rings is 1. The van der Waals surface area contributed by atoms with Crippen molar-refractivity contribution in [3.8, 4) is 11.3 Å². The highest BCUT2D eigenvalue weighted by Gasteiger charge is 2.07. The lowest BCUT2D eigenvalue weighted by Gasteiger charge is -2.07. The fraction of sp³-hybridized carbons (Fsp3) is 0. The molecule has 0 aliphatic rings. The van der Waals surface area contributed by atoms with Crippen molar-refractivity contribution < 1.29 is 0 Å². The van der Waals surface area contributed by atoms with E-state index in [1.54, 1.807) is 6.20 Å². The van der Waals surface area contributed by atoms with Gasteiger partial charge in [-0.1, -0.05) is 36.4 Å². The van der Waals surface area contributed by atoms with Crippen LogP contribution < -0.4 is 0 Å². The topological polar surface area (TPSA) is 43.1 Å². The predicted octanol–water partition coefficient (Wildman–Crippen LogP) is 4.10. The van der Waals surface area contributed by atoms with E-state index in [1.807, 2.05) is 41.2 Å². The molecule has 5 rings (SSSR count). The fourth-order valence-electron chi connectivity index (χ4n) is 3.00. The van der Waals surface area contributed by atoms with Crippen molar-refractivity contribution >= 4 is 27.5 Å². The van der Waals surface area contributed by atoms with Gasteiger partial charge in [0.2, 0.25) is 5.78 Å². The molecule has 0 aliphatic heterocycles. The quantitative estimate of drug-likeness (QED) is 0.468. The van der Waals surface area contributed by atoms with Crippen LogP contribution >= 0.6 is 0 Å². The molecule has 0 N–H and O–H groups in total. The maximum absolute atomic E-state index is 4.63. The Morgan fingerprint density at radius 1 is 0.826 bits per heavy atom. The van der Waals surface area contributed by atoms with Crippen LogP contribution in [0, 0.1) is 0 Å². The van der Waals surface area contributed by atoms with Gasteiger partial charge in [-0.15, -0.1) is 0 Å². The second-order valence-electron chi connectivity index (χ2n) is 5.53. The van der Waals surface area contributed by atoms with Gasteiger partial charge in [0.25, 0.3) is 0 Å². The molecule has 0 saturated heterocycles. The molecule has 0 saturated carbocycles. The third-order valence-corrected chi connectivity index (χ3v) is 4.12. The summed E-state index contributed by atoms with van der Waals surface area (Å²) in [6.45, 7) is 0. The Hall–Kier alpha value is -3.27. The Balaban J connectivity index is 1.80. The minimum absolute atomic E-state index is 0.709. The van der Waals surface area contributed by atoms with Gasteiger partial charge in [0.15, 0.2) is 0 Å². The van der Waals surface area contributed by atoms with Gasteiger partial charge >= 0.3 is 0 Å². The second-order valence-corrected chi connectivity index (χ2v) is 5.53. The minimum atomic E-state index is 0.709. The highest BCUT2D eigenvalue weighted by Crippen LogP contribution is 2.28. The Morgan fingerprint density at radius 2 is 1.78 bits per heavy atom. The molecule has 23 heavy (non-hydrogen) atoms. The Morgan fingerprint density at radius 3 is 2.78 bits per heavy atom. The van der Waals surface area contributed by atoms with E-state index < -0.39 is 0 Å². The van der Waals surface area contributed by atoms with Gasteiger partial charge < -0.3 is 0 Å². The van der Waals surface area contributed by atoms with Gasteiger partial charge in [0.05, 0.1) is 11.2 Å². The van der Waals surface area contributed by atoms with Crippen molar-refractivity contribution in [3.05, 3.63) is 73.3 Å². The molecule has 0 atom stereocenters. The molecule has 0 unspecified atom stereocenters. The van der Waals surface area contributed by atoms with Gasteiger partial charge in [-0.3, -0.25) is 9.38 Å². The van der Waals surface area contributed by atoms with E-state index in [1.165, 1.54) is 5.39 Å². The van der Waals surface area contributed by atoms with Crippen LogP contribution in [0.3, 0.4) is 0 Å². The summed E-state index contributed by atoms with van der Waals surface area (Å²) in [6, 6.07) is 16.6. The lowest BCUT2D eigenvalue weighted by atomic mass is 10.0. The second kappa shape index (κ2) is 4.61. The maximum Gasteiger partial charge on any atom is 0.234 e. The summed E-state index contributed by atoms with van der Waals surface area (Å²) >= 11 is 0. The molecule has 108 valence electrons. The van der Waals surface area contributed by atoms with Crippen molar-refractivity contribution in [1.29, 1.82) is 0 Å². The molecule has 0 amide bonds. The molecular formula is C19H12N4. The normalized spacial score (nSPS) is 11.5. The monoisotopic (exact) mass is 296 g/mol. The number of hydrogen-bond acceptors (Lipinski definition) is 3. The zero-order valence-corrected chi connectivity index (χ0v) is 12.2. The van der Waals surface area contributed by atoms with Gasteiger partial charge in [-0.2, -0.15) is 0 Å². The highest BCUT2D eigenvalue weighted by molar-refractivity contribution is 5.96. The Bertz CT molecular complexity index is 1170. The number of pyridine rings is 1. The van der Waals surface area contributed by atoms with Crippen LogP contribution in [0.1, 0.15) is 0 Å². The smallest absolute Gasteiger partial charge is 0.234 e. The zero-order valence-electron chi connectivity index (χ0n) is 12.2. The molecule has 4 nitrogen and oxygen atoms in total. The number of benzene rings is 2. The molecule has 0 spiro atoms. The number of hydrogen-bond donors (Lipinski definition) is 0. The van der Waals surface area contributed by atoms with Crippen molar-refractivity contribution in [3.63, 3.8) is 0 Å². The van der Waals surface area contributed by atoms with E-state index in [9.17, 15) is 0 Å². The largest absolute Gasteiger partial charge is 0.291 e. The first-order valence-corrected chi connectivity index (χ1v) is 7.46. The molecule has 0 bridgehead atoms. The third-order valence-electron chi connectivity index (χ3n) is 4.12. The lowest BCUT2D eigenvalue weighted by molar-refractivity contribution is 1.14. The molecule has 2 aromatic carbocycles. The summed E-state index contributed by atoms with van der Waals surface area (Å²) in [4.78, 5) is 13.5. The molecule has 3 aromatic heterocycles. The Labute approximate surface area is 132 Å². The van der Waals surface area contributed by atoms with Crippen LogP contribution in [-0.4, -0.2) is 19.4 Å². The summed E-state index contributed by atoms with van der Waals surface area (Å²) in [6.07, 6.45) is 7.56. The number of nitrogens with zero attached hydrogens (tertiary/aromatic N) is 4. The van der Waals surface area contributed by atoms with Crippen molar-refractivity contribution in [2.45, 2.75) is 0 Å². The summed E-state index contributed by atoms with van der Waals surface area (Å²) in [5.74, 6) is 0.709. The van der Waals surface area contributed by atoms with Gasteiger partial charge in [-0.05, 0) is 17.5 Å². The van der Waals surface area contributed by atoms with Gasteiger partial charge in [0.1, 0.15) is 0 Å². The van der Waals surface area contributed by atoms with Crippen molar-refractivity contribution in [2.24, 2.45) is 0 Å². The SMILES string of the molecule is c1ccc2c(-c3ccc4cn5ccnc5nc4c3)nccc2c1. The summed E-state index contributed by atoms with van der Waals surface area (Å²) in [5, 5.41) is 3.42. The summed E-state index contributed by atoms with van der Waals surface area (Å²) < 4.78 is 1.93. The average Bonchev–Trinajstić information content (AvgIpc) is 3.06. The first-order valence-electron chi connectivity index (χ1n) is 7.46. The fourth-order valence-corrected chi connectivity index (χ4v) is 3.00. The van der Waals surface area contributed by atoms with Crippen LogP contribution in [0.5, 0.6) is 0 Å². The van der Waals surface area contributed by atoms with Crippen molar-refractivity contribution in [1.82, 2.24) is 19.4 Å². The van der Waals surface area contributed by atoms with Crippen molar-refractivity contribution in [2.75, 3.05) is 0 Å². The first kappa shape index (κ1) is 12.3. The van der Waals surface area contributed by atoms with Crippen LogP contribution in [0.4, 0.5) is 0 Å². The van der Waals surface area contributed by atoms with Crippen LogP contribution in [-0.2, 0) is 0 Å². The van der Waals surface area contributed by atoms with Crippen LogP contribution in [0.25, 0.3) is 38.7 Å². The van der Waals surface area contributed by atoms with Crippen LogP contribution in [0.15, 0.2) is 73.3 Å². The lowest BCUT2D eigenvalue weighted by Crippen LogP contribution is -1.91. The number of rotatable bonds is 1. The predicted molar refractivity (Wildman–Crippen MR) is 91.2 cm³/mol. The van der Waals surface area contributed by atoms with Gasteiger partial charge in [0, 0.05) is 41.1 Å². The first-order chi connectivity index (χ1) is 11.4. The molecular weight excluding hydrogens is 284 g/mol. The summed E-state index contributed by atoms with van der Waals surface area (Å²) in [7, 11) is 0. The van der Waals surface area contributed by atoms with E-state index in [0.717, 1.165) is 27.5 Å². The molecule has 0 aliphatic carbocycles. The third kappa shape index (κ3) is 1.89. The molecule has 0 fully saturated rings. The van der Waals surface area contributed by atoms with E-state index in [2.05, 4.69) is 45.3 Å². The minimum Gasteiger partial charge on any atom is -0.291 e. The Kier molecular flexibility index (Phi) is 2.46. The van der Waals surface area contributed by atoms with E-state index in [-0.39, 0.29) is 0 Å². The van der Waals surface area contributed by atoms with E-state index >= 15 is 0 Å². The number of aromatic nitrogens is 4. The van der Waals surface area contributed by atoms with E-state index in [0.29, 0.717) is 5.78 Å². The molecule has 5 aromatic rings. The molecule has 4 heteroatoms. The number of fused-ring (bicyclic) bond motifs is 3. The highest BCUT2D eigenvalue weighted by atomic mass is 15.1. The van der Waals surface area contributed by atoms with E-state index in [4.69, 9.17) is 0 Å². The zero-order chi connectivity index (χ0) is 15.2. The standard InChI is InChI=1S/C19H12N4/c1-2-4-16-13(3-1)7-8-20-18(16)14-5-6-15-12-23-10-9-21-19(23)22-17(15)11-14/h1-12H. The average molecular weight is 296 g/mol. The maximum atomic E-state index is 4.63. The molecule has 0 radical (unpaired) electrons. The molecule has 3 heterocycles. The van der Waals surface area contributed by atoms with Crippen LogP contribution in [0.2, 0.25) is 0 Å².